The zero-order valence-corrected chi connectivity index (χ0v) is 14.5. The van der Waals surface area contributed by atoms with Gasteiger partial charge < -0.3 is 10.3 Å². The van der Waals surface area contributed by atoms with E-state index in [4.69, 9.17) is 0 Å². The number of para-hydroxylation sites is 1. The largest absolute Gasteiger partial charge is 0.361 e. The first-order valence-electron chi connectivity index (χ1n) is 8.41. The van der Waals surface area contributed by atoms with E-state index >= 15 is 0 Å². The maximum Gasteiger partial charge on any atom is 0.348 e. The summed E-state index contributed by atoms with van der Waals surface area (Å²) in [7, 11) is 0. The highest BCUT2D eigenvalue weighted by atomic mass is 16.2. The highest BCUT2D eigenvalue weighted by Crippen LogP contribution is 2.18. The molecule has 0 radical (unpaired) electrons. The lowest BCUT2D eigenvalue weighted by molar-refractivity contribution is -0.121. The summed E-state index contributed by atoms with van der Waals surface area (Å²) in [6.07, 6.45) is 3.06. The molecule has 2 aromatic heterocycles. The molecular weight excluding hydrogens is 316 g/mol. The topological polar surface area (TPSA) is 79.8 Å². The molecule has 3 aromatic rings. The van der Waals surface area contributed by atoms with E-state index in [9.17, 15) is 9.59 Å². The van der Waals surface area contributed by atoms with Gasteiger partial charge in [-0.1, -0.05) is 18.2 Å². The number of H-pyrrole nitrogens is 1. The number of carbonyl (C=O) groups excluding carboxylic acids is 1. The van der Waals surface area contributed by atoms with Crippen molar-refractivity contribution in [3.8, 4) is 0 Å². The summed E-state index contributed by atoms with van der Waals surface area (Å²) in [4.78, 5) is 31.1. The molecule has 25 heavy (non-hydrogen) atoms. The van der Waals surface area contributed by atoms with Gasteiger partial charge in [-0.2, -0.15) is 4.98 Å². The predicted octanol–water partition coefficient (Wildman–Crippen LogP) is 2.09. The van der Waals surface area contributed by atoms with Crippen LogP contribution >= 0.6 is 0 Å². The molecule has 0 atom stereocenters. The second-order valence-electron chi connectivity index (χ2n) is 6.18. The van der Waals surface area contributed by atoms with Gasteiger partial charge in [-0.3, -0.25) is 9.36 Å². The summed E-state index contributed by atoms with van der Waals surface area (Å²) in [6.45, 7) is 4.51. The zero-order chi connectivity index (χ0) is 17.8. The second-order valence-corrected chi connectivity index (χ2v) is 6.18. The van der Waals surface area contributed by atoms with E-state index in [-0.39, 0.29) is 11.6 Å². The van der Waals surface area contributed by atoms with Crippen LogP contribution in [0.25, 0.3) is 10.9 Å². The first-order chi connectivity index (χ1) is 12.0. The number of aromatic nitrogens is 3. The SMILES string of the molecule is Cc1cc(C)n(CCNC(=O)CCc2c[nH]c3ccccc23)c(=O)n1. The molecule has 1 aromatic carbocycles. The fourth-order valence-corrected chi connectivity index (χ4v) is 3.03. The average molecular weight is 338 g/mol. The van der Waals surface area contributed by atoms with Crippen molar-refractivity contribution >= 4 is 16.8 Å². The van der Waals surface area contributed by atoms with Crippen LogP contribution in [0.5, 0.6) is 0 Å². The first kappa shape index (κ1) is 17.0. The average Bonchev–Trinajstić information content (AvgIpc) is 2.98. The number of rotatable bonds is 6. The minimum atomic E-state index is -0.273. The molecule has 0 bridgehead atoms. The van der Waals surface area contributed by atoms with E-state index in [0.29, 0.717) is 31.6 Å². The molecule has 0 aliphatic carbocycles. The Kier molecular flexibility index (Phi) is 4.97. The summed E-state index contributed by atoms with van der Waals surface area (Å²) in [6, 6.07) is 9.92. The Morgan fingerprint density at radius 1 is 1.28 bits per heavy atom. The number of hydrogen-bond donors (Lipinski definition) is 2. The highest BCUT2D eigenvalue weighted by molar-refractivity contribution is 5.84. The van der Waals surface area contributed by atoms with Crippen LogP contribution < -0.4 is 11.0 Å². The number of amides is 1. The van der Waals surface area contributed by atoms with Crippen LogP contribution in [-0.2, 0) is 17.8 Å². The van der Waals surface area contributed by atoms with Gasteiger partial charge in [0.05, 0.1) is 0 Å². The number of hydrogen-bond acceptors (Lipinski definition) is 3. The smallest absolute Gasteiger partial charge is 0.348 e. The van der Waals surface area contributed by atoms with Crippen LogP contribution in [-0.4, -0.2) is 27.0 Å². The van der Waals surface area contributed by atoms with Crippen LogP contribution in [0.2, 0.25) is 0 Å². The second kappa shape index (κ2) is 7.34. The molecule has 3 rings (SSSR count). The van der Waals surface area contributed by atoms with Crippen LogP contribution in [0.1, 0.15) is 23.4 Å². The van der Waals surface area contributed by atoms with Crippen molar-refractivity contribution in [2.75, 3.05) is 6.54 Å². The zero-order valence-electron chi connectivity index (χ0n) is 14.5. The normalized spacial score (nSPS) is 11.0. The monoisotopic (exact) mass is 338 g/mol. The van der Waals surface area contributed by atoms with E-state index < -0.39 is 0 Å². The minimum Gasteiger partial charge on any atom is -0.361 e. The lowest BCUT2D eigenvalue weighted by Crippen LogP contribution is -2.33. The van der Waals surface area contributed by atoms with Crippen LogP contribution in [0.4, 0.5) is 0 Å². The Bertz CT molecular complexity index is 955. The molecule has 0 spiro atoms. The van der Waals surface area contributed by atoms with Crippen molar-refractivity contribution < 1.29 is 4.79 Å². The summed E-state index contributed by atoms with van der Waals surface area (Å²) in [5.41, 5.74) is 3.51. The van der Waals surface area contributed by atoms with Gasteiger partial charge in [-0.15, -0.1) is 0 Å². The van der Waals surface area contributed by atoms with E-state index in [1.807, 2.05) is 37.4 Å². The van der Waals surface area contributed by atoms with Gasteiger partial charge >= 0.3 is 5.69 Å². The van der Waals surface area contributed by atoms with Gasteiger partial charge in [0.2, 0.25) is 5.91 Å². The number of benzene rings is 1. The van der Waals surface area contributed by atoms with Crippen LogP contribution in [0.3, 0.4) is 0 Å². The molecule has 0 aliphatic rings. The molecular formula is C19H22N4O2. The number of nitrogens with zero attached hydrogens (tertiary/aromatic N) is 2. The lowest BCUT2D eigenvalue weighted by Gasteiger charge is -2.10. The van der Waals surface area contributed by atoms with E-state index in [2.05, 4.69) is 21.4 Å². The standard InChI is InChI=1S/C19H22N4O2/c1-13-11-14(2)23(19(25)22-13)10-9-20-18(24)8-7-15-12-21-17-6-4-3-5-16(15)17/h3-6,11-12,21H,7-10H2,1-2H3,(H,20,24). The fourth-order valence-electron chi connectivity index (χ4n) is 3.03. The maximum atomic E-state index is 12.1. The number of aryl methyl sites for hydroxylation is 3. The van der Waals surface area contributed by atoms with E-state index in [1.165, 1.54) is 0 Å². The van der Waals surface area contributed by atoms with Gasteiger partial charge in [0.25, 0.3) is 0 Å². The first-order valence-corrected chi connectivity index (χ1v) is 8.41. The van der Waals surface area contributed by atoms with Gasteiger partial charge in [0, 0.05) is 48.0 Å². The third-order valence-electron chi connectivity index (χ3n) is 4.30. The Hall–Kier alpha value is -2.89. The third-order valence-corrected chi connectivity index (χ3v) is 4.30. The van der Waals surface area contributed by atoms with Crippen molar-refractivity contribution in [1.29, 1.82) is 0 Å². The lowest BCUT2D eigenvalue weighted by atomic mass is 10.1. The Labute approximate surface area is 145 Å². The van der Waals surface area contributed by atoms with Gasteiger partial charge in [0.1, 0.15) is 0 Å². The highest BCUT2D eigenvalue weighted by Gasteiger charge is 2.07. The third kappa shape index (κ3) is 3.96. The summed E-state index contributed by atoms with van der Waals surface area (Å²) in [5.74, 6) is -0.0175. The predicted molar refractivity (Wildman–Crippen MR) is 97.6 cm³/mol. The molecule has 6 heteroatoms. The molecule has 0 fully saturated rings. The molecule has 1 amide bonds. The Morgan fingerprint density at radius 3 is 2.88 bits per heavy atom. The van der Waals surface area contributed by atoms with Crippen LogP contribution in [0, 0.1) is 13.8 Å². The van der Waals surface area contributed by atoms with Crippen molar-refractivity contribution in [1.82, 2.24) is 19.9 Å². The molecule has 2 heterocycles. The summed E-state index contributed by atoms with van der Waals surface area (Å²) >= 11 is 0. The number of aromatic amines is 1. The Balaban J connectivity index is 1.51. The van der Waals surface area contributed by atoms with Crippen molar-refractivity contribution in [2.45, 2.75) is 33.2 Å². The molecule has 2 N–H and O–H groups in total. The van der Waals surface area contributed by atoms with Crippen LogP contribution in [0.15, 0.2) is 41.3 Å². The quantitative estimate of drug-likeness (QED) is 0.722. The molecule has 6 nitrogen and oxygen atoms in total. The number of fused-ring (bicyclic) bond motifs is 1. The van der Waals surface area contributed by atoms with Gasteiger partial charge in [-0.25, -0.2) is 4.79 Å². The number of nitrogens with one attached hydrogen (secondary N) is 2. The van der Waals surface area contributed by atoms with Crippen molar-refractivity contribution in [2.24, 2.45) is 0 Å². The fraction of sp³-hybridized carbons (Fsp3) is 0.316. The van der Waals surface area contributed by atoms with Crippen molar-refractivity contribution in [3.63, 3.8) is 0 Å². The van der Waals surface area contributed by atoms with E-state index in [0.717, 1.165) is 22.2 Å². The summed E-state index contributed by atoms with van der Waals surface area (Å²) in [5, 5.41) is 4.03. The summed E-state index contributed by atoms with van der Waals surface area (Å²) < 4.78 is 1.58. The molecule has 0 unspecified atom stereocenters. The maximum absolute atomic E-state index is 12.1. The van der Waals surface area contributed by atoms with Crippen molar-refractivity contribution in [3.05, 3.63) is 64.0 Å². The van der Waals surface area contributed by atoms with E-state index in [1.54, 1.807) is 11.5 Å². The molecule has 0 saturated heterocycles. The molecule has 0 aliphatic heterocycles. The van der Waals surface area contributed by atoms with Gasteiger partial charge in [0.15, 0.2) is 0 Å². The van der Waals surface area contributed by atoms with Gasteiger partial charge in [-0.05, 0) is 38.0 Å². The molecule has 130 valence electrons. The molecule has 0 saturated carbocycles. The number of carbonyl (C=O) groups is 1. The minimum absolute atomic E-state index is 0.0175. The Morgan fingerprint density at radius 2 is 2.08 bits per heavy atom.